The summed E-state index contributed by atoms with van der Waals surface area (Å²) >= 11 is 3.59. The van der Waals surface area contributed by atoms with Crippen LogP contribution in [-0.2, 0) is 9.47 Å². The molecule has 0 aliphatic carbocycles. The molecule has 2 aliphatic rings. The van der Waals surface area contributed by atoms with Gasteiger partial charge in [-0.2, -0.15) is 0 Å². The summed E-state index contributed by atoms with van der Waals surface area (Å²) in [5.41, 5.74) is 5.57. The van der Waals surface area contributed by atoms with Gasteiger partial charge in [0, 0.05) is 10.0 Å². The van der Waals surface area contributed by atoms with Crippen LogP contribution in [0.2, 0.25) is 0 Å². The Balaban J connectivity index is 1.68. The summed E-state index contributed by atoms with van der Waals surface area (Å²) in [6.07, 6.45) is 1.65. The molecule has 0 spiro atoms. The predicted octanol–water partition coefficient (Wildman–Crippen LogP) is 5.92. The van der Waals surface area contributed by atoms with Crippen LogP contribution < -0.4 is 4.90 Å². The van der Waals surface area contributed by atoms with E-state index in [9.17, 15) is 0 Å². The number of rotatable bonds is 3. The summed E-state index contributed by atoms with van der Waals surface area (Å²) < 4.78 is 12.2. The quantitative estimate of drug-likeness (QED) is 0.500. The number of fused-ring (bicyclic) bond motifs is 1. The molecule has 1 unspecified atom stereocenters. The van der Waals surface area contributed by atoms with Crippen LogP contribution in [0.1, 0.15) is 28.3 Å². The SMILES string of the molecule is Cc1cccc(N(C2=COCO2)C2=NC(c3cccc(Br)c3)c3ccccc32)c1. The highest BCUT2D eigenvalue weighted by atomic mass is 79.9. The number of benzene rings is 3. The number of halogens is 1. The minimum Gasteiger partial charge on any atom is -0.459 e. The molecule has 0 fully saturated rings. The Bertz CT molecular complexity index is 1140. The first-order valence-corrected chi connectivity index (χ1v) is 10.2. The highest BCUT2D eigenvalue weighted by Gasteiger charge is 2.33. The molecule has 0 amide bonds. The molecule has 0 aromatic heterocycles. The molecule has 3 aromatic rings. The highest BCUT2D eigenvalue weighted by molar-refractivity contribution is 9.10. The van der Waals surface area contributed by atoms with Crippen molar-refractivity contribution in [3.05, 3.63) is 112 Å². The maximum atomic E-state index is 5.77. The summed E-state index contributed by atoms with van der Waals surface area (Å²) in [5, 5.41) is 0. The molecule has 0 N–H and O–H groups in total. The zero-order valence-corrected chi connectivity index (χ0v) is 17.5. The molecule has 0 radical (unpaired) electrons. The van der Waals surface area contributed by atoms with Gasteiger partial charge in [0.25, 0.3) is 0 Å². The molecule has 0 bridgehead atoms. The van der Waals surface area contributed by atoms with E-state index >= 15 is 0 Å². The number of ether oxygens (including phenoxy) is 2. The number of hydrogen-bond donors (Lipinski definition) is 0. The molecule has 29 heavy (non-hydrogen) atoms. The lowest BCUT2D eigenvalue weighted by Gasteiger charge is -2.24. The Morgan fingerprint density at radius 1 is 1.00 bits per heavy atom. The second-order valence-electron chi connectivity index (χ2n) is 7.06. The Morgan fingerprint density at radius 3 is 2.66 bits per heavy atom. The third-order valence-corrected chi connectivity index (χ3v) is 5.56. The topological polar surface area (TPSA) is 34.1 Å². The third kappa shape index (κ3) is 3.32. The van der Waals surface area contributed by atoms with Crippen LogP contribution in [0.4, 0.5) is 5.69 Å². The van der Waals surface area contributed by atoms with Gasteiger partial charge < -0.3 is 9.47 Å². The van der Waals surface area contributed by atoms with E-state index in [1.165, 1.54) is 11.1 Å². The Hall–Kier alpha value is -3.05. The van der Waals surface area contributed by atoms with E-state index in [0.29, 0.717) is 5.88 Å². The van der Waals surface area contributed by atoms with Crippen LogP contribution in [-0.4, -0.2) is 12.6 Å². The van der Waals surface area contributed by atoms with Crippen molar-refractivity contribution >= 4 is 27.5 Å². The van der Waals surface area contributed by atoms with Crippen molar-refractivity contribution in [2.45, 2.75) is 13.0 Å². The summed E-state index contributed by atoms with van der Waals surface area (Å²) in [7, 11) is 0. The fourth-order valence-electron chi connectivity index (χ4n) is 3.78. The molecule has 5 rings (SSSR count). The van der Waals surface area contributed by atoms with Gasteiger partial charge in [-0.25, -0.2) is 0 Å². The second kappa shape index (κ2) is 7.41. The lowest BCUT2D eigenvalue weighted by Crippen LogP contribution is -2.30. The molecular weight excluding hydrogens is 428 g/mol. The monoisotopic (exact) mass is 446 g/mol. The fraction of sp³-hybridized carbons (Fsp3) is 0.125. The zero-order chi connectivity index (χ0) is 19.8. The first kappa shape index (κ1) is 18.0. The lowest BCUT2D eigenvalue weighted by atomic mass is 9.97. The smallest absolute Gasteiger partial charge is 0.238 e. The van der Waals surface area contributed by atoms with E-state index in [0.717, 1.165) is 27.1 Å². The van der Waals surface area contributed by atoms with Crippen molar-refractivity contribution in [1.82, 2.24) is 0 Å². The summed E-state index contributed by atoms with van der Waals surface area (Å²) in [6.45, 7) is 2.29. The normalized spacial score (nSPS) is 17.1. The molecule has 4 nitrogen and oxygen atoms in total. The minimum atomic E-state index is -0.0751. The van der Waals surface area contributed by atoms with Gasteiger partial charge in [0.1, 0.15) is 18.1 Å². The minimum absolute atomic E-state index is 0.0751. The molecule has 2 aliphatic heterocycles. The average Bonchev–Trinajstić information content (AvgIpc) is 3.38. The van der Waals surface area contributed by atoms with Gasteiger partial charge in [-0.3, -0.25) is 9.89 Å². The molecule has 1 atom stereocenters. The largest absolute Gasteiger partial charge is 0.459 e. The van der Waals surface area contributed by atoms with Crippen molar-refractivity contribution in [3.63, 3.8) is 0 Å². The van der Waals surface area contributed by atoms with Crippen molar-refractivity contribution in [1.29, 1.82) is 0 Å². The van der Waals surface area contributed by atoms with Crippen LogP contribution in [0.3, 0.4) is 0 Å². The predicted molar refractivity (Wildman–Crippen MR) is 118 cm³/mol. The molecule has 144 valence electrons. The molecule has 5 heteroatoms. The number of anilines is 1. The molecular formula is C24H19BrN2O2. The average molecular weight is 447 g/mol. The van der Waals surface area contributed by atoms with E-state index < -0.39 is 0 Å². The van der Waals surface area contributed by atoms with Gasteiger partial charge in [-0.15, -0.1) is 0 Å². The second-order valence-corrected chi connectivity index (χ2v) is 7.97. The number of amidine groups is 1. The van der Waals surface area contributed by atoms with Gasteiger partial charge in [0.2, 0.25) is 12.7 Å². The number of aliphatic imine (C=N–C) groups is 1. The Labute approximate surface area is 178 Å². The summed E-state index contributed by atoms with van der Waals surface area (Å²) in [5.74, 6) is 1.49. The van der Waals surface area contributed by atoms with Crippen molar-refractivity contribution in [3.8, 4) is 0 Å². The zero-order valence-electron chi connectivity index (χ0n) is 15.9. The number of hydrogen-bond acceptors (Lipinski definition) is 4. The van der Waals surface area contributed by atoms with E-state index in [4.69, 9.17) is 14.5 Å². The molecule has 3 aromatic carbocycles. The molecule has 2 heterocycles. The van der Waals surface area contributed by atoms with Gasteiger partial charge in [0.15, 0.2) is 0 Å². The van der Waals surface area contributed by atoms with Crippen molar-refractivity contribution < 1.29 is 9.47 Å². The standard InChI is InChI=1S/C24H19BrN2O2/c1-16-6-4-9-19(12-16)27(22-14-28-15-29-22)24-21-11-3-2-10-20(21)23(26-24)17-7-5-8-18(25)13-17/h2-14,23H,15H2,1H3. The first-order valence-electron chi connectivity index (χ1n) is 9.44. The highest BCUT2D eigenvalue weighted by Crippen LogP contribution is 2.39. The van der Waals surface area contributed by atoms with E-state index in [1.807, 2.05) is 29.2 Å². The van der Waals surface area contributed by atoms with Crippen LogP contribution in [0.5, 0.6) is 0 Å². The maximum absolute atomic E-state index is 5.77. The Morgan fingerprint density at radius 2 is 1.86 bits per heavy atom. The molecule has 0 saturated heterocycles. The van der Waals surface area contributed by atoms with E-state index in [2.05, 4.69) is 71.4 Å². The van der Waals surface area contributed by atoms with Gasteiger partial charge in [-0.05, 0) is 47.9 Å². The van der Waals surface area contributed by atoms with Gasteiger partial charge >= 0.3 is 0 Å². The summed E-state index contributed by atoms with van der Waals surface area (Å²) in [6, 6.07) is 24.9. The van der Waals surface area contributed by atoms with E-state index in [1.54, 1.807) is 6.26 Å². The molecule has 0 saturated carbocycles. The summed E-state index contributed by atoms with van der Waals surface area (Å²) in [4.78, 5) is 7.20. The van der Waals surface area contributed by atoms with E-state index in [-0.39, 0.29) is 12.8 Å². The van der Waals surface area contributed by atoms with Crippen LogP contribution in [0, 0.1) is 6.92 Å². The number of nitrogens with zero attached hydrogens (tertiary/aromatic N) is 2. The van der Waals surface area contributed by atoms with Gasteiger partial charge in [-0.1, -0.05) is 64.5 Å². The number of aryl methyl sites for hydroxylation is 1. The van der Waals surface area contributed by atoms with Crippen LogP contribution in [0.15, 0.2) is 94.4 Å². The van der Waals surface area contributed by atoms with Gasteiger partial charge in [0.05, 0.1) is 5.69 Å². The Kier molecular flexibility index (Phi) is 4.60. The van der Waals surface area contributed by atoms with Crippen molar-refractivity contribution in [2.24, 2.45) is 4.99 Å². The maximum Gasteiger partial charge on any atom is 0.238 e. The van der Waals surface area contributed by atoms with Crippen molar-refractivity contribution in [2.75, 3.05) is 11.7 Å². The fourth-order valence-corrected chi connectivity index (χ4v) is 4.20. The lowest BCUT2D eigenvalue weighted by molar-refractivity contribution is 0.0801. The van der Waals surface area contributed by atoms with Crippen LogP contribution in [0.25, 0.3) is 0 Å². The third-order valence-electron chi connectivity index (χ3n) is 5.06. The van der Waals surface area contributed by atoms with Crippen LogP contribution >= 0.6 is 15.9 Å². The first-order chi connectivity index (χ1) is 14.2.